The second-order valence-electron chi connectivity index (χ2n) is 4.07. The average molecular weight is 187 g/mol. The molecule has 1 rings (SSSR count). The van der Waals surface area contributed by atoms with Crippen molar-refractivity contribution in [2.24, 2.45) is 5.92 Å². The number of hydrogen-bond acceptors (Lipinski definition) is 1. The third-order valence-corrected chi connectivity index (χ3v) is 2.19. The molecular formula is C13H17N. The van der Waals surface area contributed by atoms with Crippen LogP contribution in [-0.2, 0) is 12.8 Å². The monoisotopic (exact) mass is 187 g/mol. The van der Waals surface area contributed by atoms with Crippen molar-refractivity contribution in [2.75, 3.05) is 0 Å². The molecule has 0 atom stereocenters. The van der Waals surface area contributed by atoms with Gasteiger partial charge in [0.15, 0.2) is 0 Å². The van der Waals surface area contributed by atoms with Gasteiger partial charge in [0.05, 0.1) is 6.07 Å². The number of hydrogen-bond donors (Lipinski definition) is 0. The molecule has 0 saturated heterocycles. The normalized spacial score (nSPS) is 10.1. The molecular weight excluding hydrogens is 170 g/mol. The van der Waals surface area contributed by atoms with Crippen LogP contribution in [-0.4, -0.2) is 0 Å². The highest BCUT2D eigenvalue weighted by atomic mass is 14.2. The van der Waals surface area contributed by atoms with Crippen molar-refractivity contribution in [3.8, 4) is 6.07 Å². The van der Waals surface area contributed by atoms with Crippen LogP contribution in [0.25, 0.3) is 0 Å². The molecule has 0 aromatic heterocycles. The van der Waals surface area contributed by atoms with Crippen molar-refractivity contribution in [1.82, 2.24) is 0 Å². The summed E-state index contributed by atoms with van der Waals surface area (Å²) in [5.41, 5.74) is 2.65. The van der Waals surface area contributed by atoms with Crippen LogP contribution in [0.2, 0.25) is 0 Å². The van der Waals surface area contributed by atoms with Crippen molar-refractivity contribution < 1.29 is 0 Å². The van der Waals surface area contributed by atoms with E-state index in [1.807, 2.05) is 0 Å². The van der Waals surface area contributed by atoms with Crippen molar-refractivity contribution in [3.05, 3.63) is 35.4 Å². The second kappa shape index (κ2) is 5.44. The first-order valence-electron chi connectivity index (χ1n) is 5.17. The maximum atomic E-state index is 8.45. The lowest BCUT2D eigenvalue weighted by Gasteiger charge is -2.05. The Labute approximate surface area is 86.4 Å². The zero-order valence-corrected chi connectivity index (χ0v) is 8.96. The van der Waals surface area contributed by atoms with Crippen molar-refractivity contribution in [3.63, 3.8) is 0 Å². The standard InChI is InChI=1S/C13H17N/c1-11(2)10-13-7-5-12(6-8-13)4-3-9-14/h5-8,11H,3-4,10H2,1-2H3. The second-order valence-corrected chi connectivity index (χ2v) is 4.07. The van der Waals surface area contributed by atoms with Crippen LogP contribution in [0.4, 0.5) is 0 Å². The van der Waals surface area contributed by atoms with E-state index in [1.54, 1.807) is 0 Å². The lowest BCUT2D eigenvalue weighted by atomic mass is 10.0. The summed E-state index contributed by atoms with van der Waals surface area (Å²) >= 11 is 0. The average Bonchev–Trinajstić information content (AvgIpc) is 2.16. The molecule has 0 fully saturated rings. The fourth-order valence-electron chi connectivity index (χ4n) is 1.51. The van der Waals surface area contributed by atoms with E-state index in [0.717, 1.165) is 12.8 Å². The van der Waals surface area contributed by atoms with Crippen LogP contribution in [0.3, 0.4) is 0 Å². The summed E-state index contributed by atoms with van der Waals surface area (Å²) < 4.78 is 0. The van der Waals surface area contributed by atoms with Crippen LogP contribution in [0.1, 0.15) is 31.4 Å². The van der Waals surface area contributed by atoms with E-state index in [1.165, 1.54) is 11.1 Å². The zero-order chi connectivity index (χ0) is 10.4. The van der Waals surface area contributed by atoms with Gasteiger partial charge in [-0.15, -0.1) is 0 Å². The molecule has 0 aliphatic carbocycles. The van der Waals surface area contributed by atoms with E-state index in [-0.39, 0.29) is 0 Å². The number of aryl methyl sites for hydroxylation is 1. The Morgan fingerprint density at radius 3 is 2.21 bits per heavy atom. The molecule has 0 aliphatic heterocycles. The summed E-state index contributed by atoms with van der Waals surface area (Å²) in [4.78, 5) is 0. The summed E-state index contributed by atoms with van der Waals surface area (Å²) in [5.74, 6) is 0.708. The molecule has 74 valence electrons. The summed E-state index contributed by atoms with van der Waals surface area (Å²) in [6.07, 6.45) is 2.63. The minimum Gasteiger partial charge on any atom is -0.198 e. The number of rotatable bonds is 4. The molecule has 1 aromatic carbocycles. The molecule has 0 bridgehead atoms. The van der Waals surface area contributed by atoms with Crippen LogP contribution < -0.4 is 0 Å². The summed E-state index contributed by atoms with van der Waals surface area (Å²) in [5, 5.41) is 8.45. The lowest BCUT2D eigenvalue weighted by molar-refractivity contribution is 0.647. The molecule has 0 spiro atoms. The Kier molecular flexibility index (Phi) is 4.19. The van der Waals surface area contributed by atoms with Gasteiger partial charge < -0.3 is 0 Å². The van der Waals surface area contributed by atoms with Gasteiger partial charge in [0.2, 0.25) is 0 Å². The van der Waals surface area contributed by atoms with Crippen molar-refractivity contribution >= 4 is 0 Å². The Bertz CT molecular complexity index is 303. The Morgan fingerprint density at radius 2 is 1.71 bits per heavy atom. The molecule has 1 nitrogen and oxygen atoms in total. The van der Waals surface area contributed by atoms with Gasteiger partial charge in [0.1, 0.15) is 0 Å². The first-order chi connectivity index (χ1) is 6.72. The van der Waals surface area contributed by atoms with Crippen LogP contribution >= 0.6 is 0 Å². The quantitative estimate of drug-likeness (QED) is 0.709. The van der Waals surface area contributed by atoms with Crippen LogP contribution in [0, 0.1) is 17.2 Å². The predicted molar refractivity (Wildman–Crippen MR) is 58.9 cm³/mol. The van der Waals surface area contributed by atoms with Gasteiger partial charge in [0, 0.05) is 6.42 Å². The van der Waals surface area contributed by atoms with E-state index in [9.17, 15) is 0 Å². The van der Waals surface area contributed by atoms with E-state index >= 15 is 0 Å². The highest BCUT2D eigenvalue weighted by Crippen LogP contribution is 2.10. The molecule has 1 heteroatoms. The summed E-state index contributed by atoms with van der Waals surface area (Å²) in [6.45, 7) is 4.45. The minimum atomic E-state index is 0.615. The van der Waals surface area contributed by atoms with E-state index in [0.29, 0.717) is 12.3 Å². The fraction of sp³-hybridized carbons (Fsp3) is 0.462. The Balaban J connectivity index is 2.56. The Hall–Kier alpha value is -1.29. The first-order valence-corrected chi connectivity index (χ1v) is 5.17. The topological polar surface area (TPSA) is 23.8 Å². The molecule has 1 aromatic rings. The van der Waals surface area contributed by atoms with E-state index in [4.69, 9.17) is 5.26 Å². The van der Waals surface area contributed by atoms with Gasteiger partial charge in [0.25, 0.3) is 0 Å². The molecule has 0 heterocycles. The maximum absolute atomic E-state index is 8.45. The highest BCUT2D eigenvalue weighted by molar-refractivity contribution is 5.23. The van der Waals surface area contributed by atoms with E-state index < -0.39 is 0 Å². The van der Waals surface area contributed by atoms with Crippen molar-refractivity contribution in [1.29, 1.82) is 5.26 Å². The van der Waals surface area contributed by atoms with Gasteiger partial charge in [-0.05, 0) is 29.9 Å². The smallest absolute Gasteiger partial charge is 0.0625 e. The lowest BCUT2D eigenvalue weighted by Crippen LogP contribution is -1.94. The van der Waals surface area contributed by atoms with Gasteiger partial charge >= 0.3 is 0 Å². The molecule has 0 unspecified atom stereocenters. The highest BCUT2D eigenvalue weighted by Gasteiger charge is 1.97. The van der Waals surface area contributed by atoms with E-state index in [2.05, 4.69) is 44.2 Å². The van der Waals surface area contributed by atoms with Gasteiger partial charge in [-0.1, -0.05) is 38.1 Å². The number of benzene rings is 1. The third kappa shape index (κ3) is 3.62. The van der Waals surface area contributed by atoms with Gasteiger partial charge in [-0.2, -0.15) is 5.26 Å². The predicted octanol–water partition coefficient (Wildman–Crippen LogP) is 3.34. The van der Waals surface area contributed by atoms with Crippen molar-refractivity contribution in [2.45, 2.75) is 33.1 Å². The van der Waals surface area contributed by atoms with Gasteiger partial charge in [-0.25, -0.2) is 0 Å². The minimum absolute atomic E-state index is 0.615. The molecule has 0 saturated carbocycles. The zero-order valence-electron chi connectivity index (χ0n) is 8.96. The largest absolute Gasteiger partial charge is 0.198 e. The molecule has 14 heavy (non-hydrogen) atoms. The number of nitriles is 1. The third-order valence-electron chi connectivity index (χ3n) is 2.19. The van der Waals surface area contributed by atoms with Crippen LogP contribution in [0.15, 0.2) is 24.3 Å². The Morgan fingerprint density at radius 1 is 1.14 bits per heavy atom. The fourth-order valence-corrected chi connectivity index (χ4v) is 1.51. The molecule has 0 N–H and O–H groups in total. The molecule has 0 radical (unpaired) electrons. The molecule has 0 amide bonds. The number of nitrogens with zero attached hydrogens (tertiary/aromatic N) is 1. The summed E-state index contributed by atoms with van der Waals surface area (Å²) in [7, 11) is 0. The maximum Gasteiger partial charge on any atom is 0.0625 e. The molecule has 0 aliphatic rings. The summed E-state index contributed by atoms with van der Waals surface area (Å²) in [6, 6.07) is 10.8. The van der Waals surface area contributed by atoms with Crippen LogP contribution in [0.5, 0.6) is 0 Å². The van der Waals surface area contributed by atoms with Gasteiger partial charge in [-0.3, -0.25) is 0 Å². The first kappa shape index (κ1) is 10.8. The SMILES string of the molecule is CC(C)Cc1ccc(CCC#N)cc1.